The minimum absolute atomic E-state index is 0.165. The van der Waals surface area contributed by atoms with E-state index in [9.17, 15) is 18.0 Å². The molecule has 0 bridgehead atoms. The van der Waals surface area contributed by atoms with Gasteiger partial charge in [-0.05, 0) is 36.5 Å². The fraction of sp³-hybridized carbons (Fsp3) is 0.412. The largest absolute Gasteiger partial charge is 0.433 e. The highest BCUT2D eigenvalue weighted by Gasteiger charge is 2.37. The number of carbonyl (C=O) groups excluding carboxylic acids is 1. The zero-order valence-electron chi connectivity index (χ0n) is 13.6. The van der Waals surface area contributed by atoms with Gasteiger partial charge in [0.05, 0.1) is 0 Å². The lowest BCUT2D eigenvalue weighted by Crippen LogP contribution is -2.29. The molecule has 3 rings (SSSR count). The van der Waals surface area contributed by atoms with Crippen LogP contribution in [0, 0.1) is 5.92 Å². The summed E-state index contributed by atoms with van der Waals surface area (Å²) in [5.41, 5.74) is 0.0376. The van der Waals surface area contributed by atoms with Crippen molar-refractivity contribution in [3.63, 3.8) is 0 Å². The summed E-state index contributed by atoms with van der Waals surface area (Å²) >= 11 is 5.87. The van der Waals surface area contributed by atoms with Crippen molar-refractivity contribution >= 4 is 17.5 Å². The van der Waals surface area contributed by atoms with Crippen LogP contribution in [0.2, 0.25) is 5.02 Å². The van der Waals surface area contributed by atoms with E-state index >= 15 is 0 Å². The smallest absolute Gasteiger partial charge is 0.337 e. The Kier molecular flexibility index (Phi) is 4.77. The highest BCUT2D eigenvalue weighted by Crippen LogP contribution is 2.30. The minimum Gasteiger partial charge on any atom is -0.337 e. The van der Waals surface area contributed by atoms with Crippen molar-refractivity contribution in [2.45, 2.75) is 19.0 Å². The van der Waals surface area contributed by atoms with Crippen molar-refractivity contribution in [1.29, 1.82) is 0 Å². The number of aryl methyl sites for hydroxylation is 1. The Bertz CT molecular complexity index is 770. The van der Waals surface area contributed by atoms with E-state index < -0.39 is 17.8 Å². The average Bonchev–Trinajstić information content (AvgIpc) is 3.15. The molecule has 2 heterocycles. The van der Waals surface area contributed by atoms with Crippen LogP contribution in [-0.2, 0) is 19.6 Å². The van der Waals surface area contributed by atoms with E-state index in [-0.39, 0.29) is 11.6 Å². The second kappa shape index (κ2) is 6.71. The molecule has 134 valence electrons. The Morgan fingerprint density at radius 1 is 1.32 bits per heavy atom. The van der Waals surface area contributed by atoms with Gasteiger partial charge in [0.25, 0.3) is 5.91 Å². The van der Waals surface area contributed by atoms with Crippen LogP contribution in [0.5, 0.6) is 0 Å². The number of nitrogens with zero attached hydrogens (tertiary/aromatic N) is 3. The molecule has 8 heteroatoms. The molecule has 1 aromatic carbocycles. The third kappa shape index (κ3) is 3.98. The highest BCUT2D eigenvalue weighted by molar-refractivity contribution is 6.30. The highest BCUT2D eigenvalue weighted by atomic mass is 35.5. The standard InChI is InChI=1S/C17H17ClF3N3O/c1-23-15(17(19,20)21)9-14(22-23)16(25)24-7-6-12(10-24)8-11-2-4-13(18)5-3-11/h2-5,9,12H,6-8,10H2,1H3. The van der Waals surface area contributed by atoms with Crippen LogP contribution in [-0.4, -0.2) is 33.7 Å². The zero-order chi connectivity index (χ0) is 18.2. The second-order valence-corrected chi connectivity index (χ2v) is 6.71. The van der Waals surface area contributed by atoms with Gasteiger partial charge in [0, 0.05) is 31.2 Å². The Morgan fingerprint density at radius 3 is 2.60 bits per heavy atom. The van der Waals surface area contributed by atoms with Crippen LogP contribution in [0.1, 0.15) is 28.2 Å². The molecule has 1 aliphatic rings. The normalized spacial score (nSPS) is 18.0. The third-order valence-electron chi connectivity index (χ3n) is 4.40. The van der Waals surface area contributed by atoms with Gasteiger partial charge in [-0.3, -0.25) is 9.48 Å². The van der Waals surface area contributed by atoms with Gasteiger partial charge >= 0.3 is 6.18 Å². The van der Waals surface area contributed by atoms with Crippen LogP contribution < -0.4 is 0 Å². The Labute approximate surface area is 148 Å². The van der Waals surface area contributed by atoms with E-state index in [1.807, 2.05) is 24.3 Å². The first-order chi connectivity index (χ1) is 11.7. The first kappa shape index (κ1) is 17.8. The predicted molar refractivity (Wildman–Crippen MR) is 87.4 cm³/mol. The van der Waals surface area contributed by atoms with Gasteiger partial charge < -0.3 is 4.90 Å². The van der Waals surface area contributed by atoms with E-state index in [2.05, 4.69) is 5.10 Å². The van der Waals surface area contributed by atoms with Crippen LogP contribution in [0.3, 0.4) is 0 Å². The summed E-state index contributed by atoms with van der Waals surface area (Å²) in [6.07, 6.45) is -2.91. The van der Waals surface area contributed by atoms with Gasteiger partial charge in [0.1, 0.15) is 5.69 Å². The molecule has 0 spiro atoms. The van der Waals surface area contributed by atoms with Crippen LogP contribution in [0.25, 0.3) is 0 Å². The van der Waals surface area contributed by atoms with Crippen LogP contribution in [0.4, 0.5) is 13.2 Å². The molecule has 0 aliphatic carbocycles. The quantitative estimate of drug-likeness (QED) is 0.823. The monoisotopic (exact) mass is 371 g/mol. The van der Waals surface area contributed by atoms with Gasteiger partial charge in [-0.2, -0.15) is 18.3 Å². The van der Waals surface area contributed by atoms with Crippen LogP contribution in [0.15, 0.2) is 30.3 Å². The van der Waals surface area contributed by atoms with E-state index in [1.54, 1.807) is 4.90 Å². The van der Waals surface area contributed by atoms with Crippen molar-refractivity contribution in [3.05, 3.63) is 52.3 Å². The second-order valence-electron chi connectivity index (χ2n) is 6.27. The number of carbonyl (C=O) groups is 1. The molecule has 1 amide bonds. The van der Waals surface area contributed by atoms with Crippen molar-refractivity contribution in [2.24, 2.45) is 13.0 Å². The molecule has 0 N–H and O–H groups in total. The van der Waals surface area contributed by atoms with E-state index in [4.69, 9.17) is 11.6 Å². The molecular formula is C17H17ClF3N3O. The lowest BCUT2D eigenvalue weighted by molar-refractivity contribution is -0.143. The molecule has 0 radical (unpaired) electrons. The minimum atomic E-state index is -4.53. The molecule has 1 fully saturated rings. The van der Waals surface area contributed by atoms with Gasteiger partial charge in [-0.1, -0.05) is 23.7 Å². The summed E-state index contributed by atoms with van der Waals surface area (Å²) in [7, 11) is 1.19. The first-order valence-electron chi connectivity index (χ1n) is 7.89. The Balaban J connectivity index is 1.65. The number of benzene rings is 1. The van der Waals surface area contributed by atoms with Crippen molar-refractivity contribution in [2.75, 3.05) is 13.1 Å². The Morgan fingerprint density at radius 2 is 2.00 bits per heavy atom. The molecule has 1 aromatic heterocycles. The fourth-order valence-corrected chi connectivity index (χ4v) is 3.26. The molecule has 25 heavy (non-hydrogen) atoms. The summed E-state index contributed by atoms with van der Waals surface area (Å²) in [5, 5.41) is 4.40. The number of hydrogen-bond acceptors (Lipinski definition) is 2. The molecule has 4 nitrogen and oxygen atoms in total. The zero-order valence-corrected chi connectivity index (χ0v) is 14.3. The van der Waals surface area contributed by atoms with Gasteiger partial charge in [0.15, 0.2) is 5.69 Å². The summed E-state index contributed by atoms with van der Waals surface area (Å²) in [4.78, 5) is 14.0. The first-order valence-corrected chi connectivity index (χ1v) is 8.27. The molecule has 0 saturated carbocycles. The predicted octanol–water partition coefficient (Wildman–Crippen LogP) is 3.80. The van der Waals surface area contributed by atoms with Gasteiger partial charge in [0.2, 0.25) is 0 Å². The van der Waals surface area contributed by atoms with E-state index in [0.29, 0.717) is 22.8 Å². The molecular weight excluding hydrogens is 355 g/mol. The lowest BCUT2D eigenvalue weighted by Gasteiger charge is -2.15. The number of hydrogen-bond donors (Lipinski definition) is 0. The summed E-state index contributed by atoms with van der Waals surface area (Å²) in [6, 6.07) is 8.35. The number of aromatic nitrogens is 2. The SMILES string of the molecule is Cn1nc(C(=O)N2CCC(Cc3ccc(Cl)cc3)C2)cc1C(F)(F)F. The number of likely N-dealkylation sites (tertiary alicyclic amines) is 1. The van der Waals surface area contributed by atoms with Crippen molar-refractivity contribution in [1.82, 2.24) is 14.7 Å². The Hall–Kier alpha value is -2.02. The summed E-state index contributed by atoms with van der Waals surface area (Å²) in [5.74, 6) is -0.180. The van der Waals surface area contributed by atoms with Crippen molar-refractivity contribution in [3.8, 4) is 0 Å². The lowest BCUT2D eigenvalue weighted by atomic mass is 9.99. The van der Waals surface area contributed by atoms with E-state index in [0.717, 1.165) is 24.5 Å². The number of halogens is 4. The summed E-state index contributed by atoms with van der Waals surface area (Å²) < 4.78 is 39.2. The maximum Gasteiger partial charge on any atom is 0.433 e. The van der Waals surface area contributed by atoms with Gasteiger partial charge in [-0.15, -0.1) is 0 Å². The molecule has 2 aromatic rings. The molecule has 1 saturated heterocycles. The summed E-state index contributed by atoms with van der Waals surface area (Å²) in [6.45, 7) is 1.04. The maximum absolute atomic E-state index is 12.8. The number of alkyl halides is 3. The third-order valence-corrected chi connectivity index (χ3v) is 4.65. The number of amides is 1. The molecule has 1 atom stereocenters. The average molecular weight is 372 g/mol. The maximum atomic E-state index is 12.8. The van der Waals surface area contributed by atoms with E-state index in [1.165, 1.54) is 7.05 Å². The fourth-order valence-electron chi connectivity index (χ4n) is 3.14. The molecule has 1 unspecified atom stereocenters. The van der Waals surface area contributed by atoms with Gasteiger partial charge in [-0.25, -0.2) is 0 Å². The van der Waals surface area contributed by atoms with Crippen LogP contribution >= 0.6 is 11.6 Å². The number of rotatable bonds is 3. The van der Waals surface area contributed by atoms with Crippen molar-refractivity contribution < 1.29 is 18.0 Å². The molecule has 1 aliphatic heterocycles. The topological polar surface area (TPSA) is 38.1 Å².